The molecule has 1 aliphatic rings. The summed E-state index contributed by atoms with van der Waals surface area (Å²) in [5, 5.41) is 13.9. The minimum absolute atomic E-state index is 0.0896. The molecule has 2 aromatic rings. The molecule has 1 N–H and O–H groups in total. The Morgan fingerprint density at radius 1 is 1.10 bits per heavy atom. The molecule has 0 aliphatic carbocycles. The van der Waals surface area contributed by atoms with Gasteiger partial charge in [0.1, 0.15) is 0 Å². The first kappa shape index (κ1) is 21.1. The summed E-state index contributed by atoms with van der Waals surface area (Å²) in [6.45, 7) is 1.62. The smallest absolute Gasteiger partial charge is 0.337 e. The van der Waals surface area contributed by atoms with Gasteiger partial charge in [0.15, 0.2) is 12.4 Å². The van der Waals surface area contributed by atoms with Crippen LogP contribution < -0.4 is 15.0 Å². The number of hydrogen-bond donors (Lipinski definition) is 1. The zero-order valence-corrected chi connectivity index (χ0v) is 16.6. The lowest BCUT2D eigenvalue weighted by molar-refractivity contribution is -0.385. The fraction of sp³-hybridized carbons (Fsp3) is 0.333. The summed E-state index contributed by atoms with van der Waals surface area (Å²) in [4.78, 5) is 36.7. The van der Waals surface area contributed by atoms with E-state index in [1.807, 2.05) is 24.3 Å². The second-order valence-corrected chi connectivity index (χ2v) is 6.86. The first-order valence-electron chi connectivity index (χ1n) is 9.62. The van der Waals surface area contributed by atoms with Crippen molar-refractivity contribution in [3.8, 4) is 5.75 Å². The van der Waals surface area contributed by atoms with Gasteiger partial charge in [-0.05, 0) is 49.6 Å². The first-order valence-corrected chi connectivity index (χ1v) is 9.62. The SMILES string of the molecule is COC(=O)c1ccc([N+](=O)[O-])c(OCC(=O)Nc2ccc(N3CCCCC3)cc2)c1. The molecule has 0 aromatic heterocycles. The zero-order chi connectivity index (χ0) is 21.5. The number of nitro groups is 1. The van der Waals surface area contributed by atoms with E-state index in [1.54, 1.807) is 0 Å². The van der Waals surface area contributed by atoms with Gasteiger partial charge in [-0.1, -0.05) is 0 Å². The van der Waals surface area contributed by atoms with Crippen molar-refractivity contribution in [1.29, 1.82) is 0 Å². The lowest BCUT2D eigenvalue weighted by Crippen LogP contribution is -2.29. The summed E-state index contributed by atoms with van der Waals surface area (Å²) < 4.78 is 9.92. The minimum Gasteiger partial charge on any atom is -0.477 e. The molecule has 2 aromatic carbocycles. The molecule has 0 atom stereocenters. The minimum atomic E-state index is -0.659. The number of piperidine rings is 1. The van der Waals surface area contributed by atoms with Gasteiger partial charge in [-0.25, -0.2) is 4.79 Å². The number of nitro benzene ring substituents is 1. The van der Waals surface area contributed by atoms with Gasteiger partial charge < -0.3 is 19.7 Å². The normalized spacial score (nSPS) is 13.4. The largest absolute Gasteiger partial charge is 0.477 e. The highest BCUT2D eigenvalue weighted by atomic mass is 16.6. The van der Waals surface area contributed by atoms with Crippen LogP contribution in [0, 0.1) is 10.1 Å². The number of amides is 1. The third-order valence-corrected chi connectivity index (χ3v) is 4.81. The maximum atomic E-state index is 12.2. The summed E-state index contributed by atoms with van der Waals surface area (Å²) in [7, 11) is 1.20. The Labute approximate surface area is 173 Å². The standard InChI is InChI=1S/C21H23N3O6/c1-29-21(26)15-5-10-18(24(27)28)19(13-15)30-14-20(25)22-16-6-8-17(9-7-16)23-11-3-2-4-12-23/h5-10,13H,2-4,11-12,14H2,1H3,(H,22,25). The number of benzene rings is 2. The summed E-state index contributed by atoms with van der Waals surface area (Å²) >= 11 is 0. The van der Waals surface area contributed by atoms with Gasteiger partial charge in [0, 0.05) is 36.6 Å². The van der Waals surface area contributed by atoms with Crippen LogP contribution in [0.5, 0.6) is 5.75 Å². The zero-order valence-electron chi connectivity index (χ0n) is 16.6. The summed E-state index contributed by atoms with van der Waals surface area (Å²) in [6.07, 6.45) is 3.61. The van der Waals surface area contributed by atoms with Gasteiger partial charge in [-0.3, -0.25) is 14.9 Å². The number of methoxy groups -OCH3 is 1. The van der Waals surface area contributed by atoms with Crippen molar-refractivity contribution >= 4 is 28.9 Å². The lowest BCUT2D eigenvalue weighted by atomic mass is 10.1. The highest BCUT2D eigenvalue weighted by molar-refractivity contribution is 5.92. The molecule has 1 aliphatic heterocycles. The molecule has 1 saturated heterocycles. The predicted molar refractivity (Wildman–Crippen MR) is 111 cm³/mol. The molecule has 0 radical (unpaired) electrons. The Kier molecular flexibility index (Phi) is 6.84. The third kappa shape index (κ3) is 5.25. The van der Waals surface area contributed by atoms with Crippen LogP contribution in [-0.4, -0.2) is 43.6 Å². The van der Waals surface area contributed by atoms with E-state index in [2.05, 4.69) is 15.0 Å². The average Bonchev–Trinajstić information content (AvgIpc) is 2.78. The van der Waals surface area contributed by atoms with Gasteiger partial charge in [-0.2, -0.15) is 0 Å². The number of rotatable bonds is 7. The van der Waals surface area contributed by atoms with E-state index in [1.165, 1.54) is 38.5 Å². The molecule has 0 unspecified atom stereocenters. The van der Waals surface area contributed by atoms with Crippen molar-refractivity contribution in [1.82, 2.24) is 0 Å². The van der Waals surface area contributed by atoms with Crippen LogP contribution >= 0.6 is 0 Å². The first-order chi connectivity index (χ1) is 14.5. The highest BCUT2D eigenvalue weighted by Gasteiger charge is 2.19. The number of anilines is 2. The van der Waals surface area contributed by atoms with Crippen LogP contribution in [0.15, 0.2) is 42.5 Å². The van der Waals surface area contributed by atoms with Gasteiger partial charge in [0.2, 0.25) is 0 Å². The maximum Gasteiger partial charge on any atom is 0.337 e. The summed E-state index contributed by atoms with van der Waals surface area (Å²) in [5.41, 5.74) is 1.45. The van der Waals surface area contributed by atoms with E-state index in [-0.39, 0.29) is 17.0 Å². The molecule has 0 spiro atoms. The highest BCUT2D eigenvalue weighted by Crippen LogP contribution is 2.28. The Balaban J connectivity index is 1.61. The molecule has 158 valence electrons. The van der Waals surface area contributed by atoms with Crippen molar-refractivity contribution in [2.24, 2.45) is 0 Å². The molecule has 1 heterocycles. The van der Waals surface area contributed by atoms with Crippen molar-refractivity contribution in [2.75, 3.05) is 37.0 Å². The van der Waals surface area contributed by atoms with Gasteiger partial charge >= 0.3 is 11.7 Å². The van der Waals surface area contributed by atoms with Crippen molar-refractivity contribution in [2.45, 2.75) is 19.3 Å². The quantitative estimate of drug-likeness (QED) is 0.421. The Hall–Kier alpha value is -3.62. The molecule has 3 rings (SSSR count). The molecular weight excluding hydrogens is 390 g/mol. The molecule has 1 fully saturated rings. The van der Waals surface area contributed by atoms with Crippen LogP contribution in [0.4, 0.5) is 17.1 Å². The second kappa shape index (κ2) is 9.73. The maximum absolute atomic E-state index is 12.2. The Morgan fingerprint density at radius 3 is 2.43 bits per heavy atom. The average molecular weight is 413 g/mol. The predicted octanol–water partition coefficient (Wildman–Crippen LogP) is 3.39. The number of carbonyl (C=O) groups is 2. The number of nitrogens with zero attached hydrogens (tertiary/aromatic N) is 2. The fourth-order valence-electron chi connectivity index (χ4n) is 3.27. The topological polar surface area (TPSA) is 111 Å². The molecular formula is C21H23N3O6. The monoisotopic (exact) mass is 413 g/mol. The van der Waals surface area contributed by atoms with Crippen LogP contribution in [0.3, 0.4) is 0 Å². The van der Waals surface area contributed by atoms with E-state index in [4.69, 9.17) is 4.74 Å². The molecule has 1 amide bonds. The number of ether oxygens (including phenoxy) is 2. The lowest BCUT2D eigenvalue weighted by Gasteiger charge is -2.28. The summed E-state index contributed by atoms with van der Waals surface area (Å²) in [6, 6.07) is 11.1. The molecule has 0 bridgehead atoms. The Bertz CT molecular complexity index is 923. The van der Waals surface area contributed by atoms with E-state index < -0.39 is 23.4 Å². The number of nitrogens with one attached hydrogen (secondary N) is 1. The summed E-state index contributed by atoms with van der Waals surface area (Å²) in [5.74, 6) is -1.31. The van der Waals surface area contributed by atoms with Crippen molar-refractivity contribution < 1.29 is 24.0 Å². The molecule has 9 nitrogen and oxygen atoms in total. The van der Waals surface area contributed by atoms with Gasteiger partial charge in [0.05, 0.1) is 17.6 Å². The van der Waals surface area contributed by atoms with E-state index in [0.29, 0.717) is 5.69 Å². The third-order valence-electron chi connectivity index (χ3n) is 4.81. The number of esters is 1. The van der Waals surface area contributed by atoms with E-state index >= 15 is 0 Å². The van der Waals surface area contributed by atoms with Gasteiger partial charge in [0.25, 0.3) is 5.91 Å². The Morgan fingerprint density at radius 2 is 1.80 bits per heavy atom. The number of carbonyl (C=O) groups excluding carboxylic acids is 2. The second-order valence-electron chi connectivity index (χ2n) is 6.86. The molecule has 0 saturated carbocycles. The van der Waals surface area contributed by atoms with Crippen LogP contribution in [-0.2, 0) is 9.53 Å². The van der Waals surface area contributed by atoms with Gasteiger partial charge in [-0.15, -0.1) is 0 Å². The van der Waals surface area contributed by atoms with E-state index in [0.717, 1.165) is 24.8 Å². The molecule has 30 heavy (non-hydrogen) atoms. The van der Waals surface area contributed by atoms with Crippen LogP contribution in [0.2, 0.25) is 0 Å². The fourth-order valence-corrected chi connectivity index (χ4v) is 3.27. The van der Waals surface area contributed by atoms with Crippen LogP contribution in [0.1, 0.15) is 29.6 Å². The number of hydrogen-bond acceptors (Lipinski definition) is 7. The van der Waals surface area contributed by atoms with Crippen molar-refractivity contribution in [3.63, 3.8) is 0 Å². The van der Waals surface area contributed by atoms with Crippen LogP contribution in [0.25, 0.3) is 0 Å². The van der Waals surface area contributed by atoms with Crippen molar-refractivity contribution in [3.05, 3.63) is 58.1 Å². The molecule has 9 heteroatoms. The van der Waals surface area contributed by atoms with E-state index in [9.17, 15) is 19.7 Å².